The van der Waals surface area contributed by atoms with Gasteiger partial charge in [0.05, 0.1) is 5.69 Å². The Balaban J connectivity index is 1.75. The molecule has 0 unspecified atom stereocenters. The zero-order valence-corrected chi connectivity index (χ0v) is 11.2. The van der Waals surface area contributed by atoms with Crippen LogP contribution < -0.4 is 0 Å². The van der Waals surface area contributed by atoms with Crippen LogP contribution in [-0.2, 0) is 7.05 Å². The second-order valence-electron chi connectivity index (χ2n) is 5.83. The molecule has 2 heterocycles. The largest absolute Gasteiger partial charge is 0.337 e. The smallest absolute Gasteiger partial charge is 0.272 e. The van der Waals surface area contributed by atoms with Crippen LogP contribution in [0.4, 0.5) is 0 Å². The molecule has 0 aromatic carbocycles. The van der Waals surface area contributed by atoms with Crippen LogP contribution in [0.5, 0.6) is 0 Å². The first-order valence-electron chi connectivity index (χ1n) is 6.98. The van der Waals surface area contributed by atoms with Crippen molar-refractivity contribution in [2.45, 2.75) is 38.5 Å². The SMILES string of the molecule is CC1CCN(C(=O)c2cc(C3CC3)nn2C)CC1. The topological polar surface area (TPSA) is 38.1 Å². The van der Waals surface area contributed by atoms with Crippen LogP contribution in [0.2, 0.25) is 0 Å². The van der Waals surface area contributed by atoms with Crippen molar-refractivity contribution in [3.8, 4) is 0 Å². The van der Waals surface area contributed by atoms with Crippen molar-refractivity contribution in [3.63, 3.8) is 0 Å². The molecule has 0 radical (unpaired) electrons. The second kappa shape index (κ2) is 4.41. The van der Waals surface area contributed by atoms with E-state index in [4.69, 9.17) is 0 Å². The van der Waals surface area contributed by atoms with E-state index in [1.54, 1.807) is 4.68 Å². The summed E-state index contributed by atoms with van der Waals surface area (Å²) < 4.78 is 1.76. The number of likely N-dealkylation sites (tertiary alicyclic amines) is 1. The van der Waals surface area contributed by atoms with Crippen LogP contribution in [0.25, 0.3) is 0 Å². The molecule has 3 rings (SSSR count). The molecule has 1 aliphatic heterocycles. The first kappa shape index (κ1) is 11.8. The lowest BCUT2D eigenvalue weighted by Crippen LogP contribution is -2.38. The number of amides is 1. The molecular formula is C14H21N3O. The van der Waals surface area contributed by atoms with Gasteiger partial charge < -0.3 is 4.90 Å². The van der Waals surface area contributed by atoms with Crippen LogP contribution in [0.3, 0.4) is 0 Å². The van der Waals surface area contributed by atoms with E-state index in [9.17, 15) is 4.79 Å². The predicted octanol–water partition coefficient (Wildman–Crippen LogP) is 2.17. The highest BCUT2D eigenvalue weighted by Crippen LogP contribution is 2.39. The number of carbonyl (C=O) groups is 1. The maximum atomic E-state index is 12.4. The molecule has 1 aliphatic carbocycles. The Labute approximate surface area is 108 Å². The lowest BCUT2D eigenvalue weighted by Gasteiger charge is -2.30. The lowest BCUT2D eigenvalue weighted by molar-refractivity contribution is 0.0686. The number of hydrogen-bond acceptors (Lipinski definition) is 2. The molecule has 1 aromatic heterocycles. The van der Waals surface area contributed by atoms with Crippen molar-refractivity contribution in [2.24, 2.45) is 13.0 Å². The molecule has 0 N–H and O–H groups in total. The third-order valence-electron chi connectivity index (χ3n) is 4.18. The highest BCUT2D eigenvalue weighted by Gasteiger charge is 2.29. The Morgan fingerprint density at radius 2 is 1.94 bits per heavy atom. The molecule has 1 saturated carbocycles. The van der Waals surface area contributed by atoms with Gasteiger partial charge in [0.1, 0.15) is 5.69 Å². The van der Waals surface area contributed by atoms with Crippen LogP contribution in [0, 0.1) is 5.92 Å². The van der Waals surface area contributed by atoms with E-state index in [1.165, 1.54) is 12.8 Å². The van der Waals surface area contributed by atoms with Gasteiger partial charge in [-0.15, -0.1) is 0 Å². The summed E-state index contributed by atoms with van der Waals surface area (Å²) in [4.78, 5) is 14.4. The van der Waals surface area contributed by atoms with Crippen molar-refractivity contribution in [3.05, 3.63) is 17.5 Å². The predicted molar refractivity (Wildman–Crippen MR) is 69.5 cm³/mol. The summed E-state index contributed by atoms with van der Waals surface area (Å²) in [5.41, 5.74) is 1.86. The fourth-order valence-electron chi connectivity index (χ4n) is 2.64. The summed E-state index contributed by atoms with van der Waals surface area (Å²) in [6, 6.07) is 2.00. The quantitative estimate of drug-likeness (QED) is 0.803. The molecule has 0 atom stereocenters. The Hall–Kier alpha value is -1.32. The molecule has 98 valence electrons. The fraction of sp³-hybridized carbons (Fsp3) is 0.714. The maximum absolute atomic E-state index is 12.4. The molecule has 4 nitrogen and oxygen atoms in total. The van der Waals surface area contributed by atoms with Crippen molar-refractivity contribution in [1.29, 1.82) is 0 Å². The van der Waals surface area contributed by atoms with Crippen LogP contribution in [-0.4, -0.2) is 33.7 Å². The van der Waals surface area contributed by atoms with E-state index in [0.717, 1.165) is 43.2 Å². The molecule has 4 heteroatoms. The number of aromatic nitrogens is 2. The first-order chi connectivity index (χ1) is 8.65. The molecule has 2 aliphatic rings. The van der Waals surface area contributed by atoms with Gasteiger partial charge in [-0.1, -0.05) is 6.92 Å². The Morgan fingerprint density at radius 3 is 2.56 bits per heavy atom. The molecule has 18 heavy (non-hydrogen) atoms. The molecule has 1 amide bonds. The van der Waals surface area contributed by atoms with Crippen molar-refractivity contribution >= 4 is 5.91 Å². The summed E-state index contributed by atoms with van der Waals surface area (Å²) >= 11 is 0. The van der Waals surface area contributed by atoms with Gasteiger partial charge in [0, 0.05) is 26.1 Å². The van der Waals surface area contributed by atoms with Gasteiger partial charge in [-0.2, -0.15) is 5.10 Å². The number of rotatable bonds is 2. The summed E-state index contributed by atoms with van der Waals surface area (Å²) in [6.07, 6.45) is 4.70. The number of aryl methyl sites for hydroxylation is 1. The van der Waals surface area contributed by atoms with Crippen molar-refractivity contribution < 1.29 is 4.79 Å². The van der Waals surface area contributed by atoms with E-state index >= 15 is 0 Å². The normalized spacial score (nSPS) is 21.3. The minimum Gasteiger partial charge on any atom is -0.337 e. The zero-order chi connectivity index (χ0) is 12.7. The number of piperidine rings is 1. The zero-order valence-electron chi connectivity index (χ0n) is 11.2. The minimum atomic E-state index is 0.156. The van der Waals surface area contributed by atoms with E-state index in [0.29, 0.717) is 5.92 Å². The monoisotopic (exact) mass is 247 g/mol. The van der Waals surface area contributed by atoms with Crippen molar-refractivity contribution in [1.82, 2.24) is 14.7 Å². The van der Waals surface area contributed by atoms with Gasteiger partial charge in [0.25, 0.3) is 5.91 Å². The number of hydrogen-bond donors (Lipinski definition) is 0. The summed E-state index contributed by atoms with van der Waals surface area (Å²) in [7, 11) is 1.88. The number of nitrogens with zero attached hydrogens (tertiary/aromatic N) is 3. The van der Waals surface area contributed by atoms with Gasteiger partial charge in [-0.05, 0) is 37.7 Å². The molecule has 0 bridgehead atoms. The van der Waals surface area contributed by atoms with Gasteiger partial charge >= 0.3 is 0 Å². The average molecular weight is 247 g/mol. The highest BCUT2D eigenvalue weighted by atomic mass is 16.2. The Kier molecular flexibility index (Phi) is 2.88. The van der Waals surface area contributed by atoms with Gasteiger partial charge in [-0.25, -0.2) is 0 Å². The van der Waals surface area contributed by atoms with E-state index in [2.05, 4.69) is 12.0 Å². The summed E-state index contributed by atoms with van der Waals surface area (Å²) in [5, 5.41) is 4.47. The third-order valence-corrected chi connectivity index (χ3v) is 4.18. The molecule has 2 fully saturated rings. The maximum Gasteiger partial charge on any atom is 0.272 e. The van der Waals surface area contributed by atoms with Gasteiger partial charge in [0.15, 0.2) is 0 Å². The Morgan fingerprint density at radius 1 is 1.28 bits per heavy atom. The first-order valence-corrected chi connectivity index (χ1v) is 6.98. The minimum absolute atomic E-state index is 0.156. The molecule has 1 saturated heterocycles. The van der Waals surface area contributed by atoms with Crippen molar-refractivity contribution in [2.75, 3.05) is 13.1 Å². The Bertz CT molecular complexity index is 454. The average Bonchev–Trinajstić information content (AvgIpc) is 3.13. The number of carbonyl (C=O) groups excluding carboxylic acids is 1. The van der Waals surface area contributed by atoms with Gasteiger partial charge in [0.2, 0.25) is 0 Å². The third kappa shape index (κ3) is 2.16. The summed E-state index contributed by atoms with van der Waals surface area (Å²) in [5.74, 6) is 1.52. The lowest BCUT2D eigenvalue weighted by atomic mass is 9.99. The van der Waals surface area contributed by atoms with Crippen LogP contribution in [0.1, 0.15) is 54.7 Å². The second-order valence-corrected chi connectivity index (χ2v) is 5.83. The molecule has 1 aromatic rings. The van der Waals surface area contributed by atoms with E-state index < -0.39 is 0 Å². The molecular weight excluding hydrogens is 226 g/mol. The molecule has 0 spiro atoms. The summed E-state index contributed by atoms with van der Waals surface area (Å²) in [6.45, 7) is 4.05. The van der Waals surface area contributed by atoms with E-state index in [-0.39, 0.29) is 5.91 Å². The van der Waals surface area contributed by atoms with Crippen LogP contribution in [0.15, 0.2) is 6.07 Å². The van der Waals surface area contributed by atoms with Gasteiger partial charge in [-0.3, -0.25) is 9.48 Å². The van der Waals surface area contributed by atoms with Crippen LogP contribution >= 0.6 is 0 Å². The fourth-order valence-corrected chi connectivity index (χ4v) is 2.64. The standard InChI is InChI=1S/C14H21N3O/c1-10-5-7-17(8-6-10)14(18)13-9-12(11-3-4-11)15-16(13)2/h9-11H,3-8H2,1-2H3. The van der Waals surface area contributed by atoms with E-state index in [1.807, 2.05) is 18.0 Å². The highest BCUT2D eigenvalue weighted by molar-refractivity contribution is 5.92.